The highest BCUT2D eigenvalue weighted by Gasteiger charge is 2.27. The Labute approximate surface area is 153 Å². The molecule has 1 aliphatic rings. The highest BCUT2D eigenvalue weighted by Crippen LogP contribution is 2.23. The first-order valence-corrected chi connectivity index (χ1v) is 8.99. The number of piperidine rings is 1. The fraction of sp³-hybridized carbons (Fsp3) is 0.526. The van der Waals surface area contributed by atoms with E-state index in [9.17, 15) is 4.79 Å². The summed E-state index contributed by atoms with van der Waals surface area (Å²) in [6.45, 7) is 7.95. The lowest BCUT2D eigenvalue weighted by molar-refractivity contribution is 0.0172. The summed E-state index contributed by atoms with van der Waals surface area (Å²) in [5, 5.41) is 11.1. The molecule has 2 aromatic rings. The molecule has 1 amide bonds. The maximum atomic E-state index is 12.3. The number of ether oxygens (including phenoxy) is 1. The second-order valence-electron chi connectivity index (χ2n) is 7.64. The van der Waals surface area contributed by atoms with Crippen LogP contribution in [0.1, 0.15) is 33.6 Å². The smallest absolute Gasteiger partial charge is 0.410 e. The molecule has 7 nitrogen and oxygen atoms in total. The number of aromatic nitrogens is 2. The third-order valence-electron chi connectivity index (χ3n) is 4.24. The maximum absolute atomic E-state index is 12.3. The van der Waals surface area contributed by atoms with E-state index < -0.39 is 5.60 Å². The van der Waals surface area contributed by atoms with Crippen LogP contribution in [0.5, 0.6) is 0 Å². The van der Waals surface area contributed by atoms with Crippen molar-refractivity contribution in [3.63, 3.8) is 0 Å². The van der Waals surface area contributed by atoms with Gasteiger partial charge in [-0.05, 0) is 57.7 Å². The van der Waals surface area contributed by atoms with Crippen LogP contribution in [0.2, 0.25) is 0 Å². The van der Waals surface area contributed by atoms with E-state index in [1.165, 1.54) is 6.39 Å². The third-order valence-corrected chi connectivity index (χ3v) is 4.24. The van der Waals surface area contributed by atoms with Crippen molar-refractivity contribution in [2.75, 3.05) is 25.0 Å². The monoisotopic (exact) mass is 358 g/mol. The van der Waals surface area contributed by atoms with Gasteiger partial charge >= 0.3 is 6.09 Å². The lowest BCUT2D eigenvalue weighted by Gasteiger charge is -2.34. The van der Waals surface area contributed by atoms with Gasteiger partial charge in [0.25, 0.3) is 0 Å². The van der Waals surface area contributed by atoms with Crippen molar-refractivity contribution >= 4 is 11.8 Å². The van der Waals surface area contributed by atoms with Crippen LogP contribution in [0.3, 0.4) is 0 Å². The van der Waals surface area contributed by atoms with E-state index in [0.29, 0.717) is 18.4 Å². The molecule has 140 valence electrons. The van der Waals surface area contributed by atoms with Crippen molar-refractivity contribution in [3.05, 3.63) is 30.7 Å². The molecule has 1 unspecified atom stereocenters. The van der Waals surface area contributed by atoms with Gasteiger partial charge in [0.15, 0.2) is 0 Å². The first-order valence-electron chi connectivity index (χ1n) is 8.99. The molecule has 0 radical (unpaired) electrons. The van der Waals surface area contributed by atoms with E-state index in [1.807, 2.05) is 49.9 Å². The average Bonchev–Trinajstić information content (AvgIpc) is 3.14. The Balaban J connectivity index is 1.55. The molecular formula is C19H26N4O3. The van der Waals surface area contributed by atoms with E-state index in [0.717, 1.165) is 37.2 Å². The van der Waals surface area contributed by atoms with Gasteiger partial charge in [-0.1, -0.05) is 6.07 Å². The van der Waals surface area contributed by atoms with Crippen molar-refractivity contribution in [2.45, 2.75) is 39.2 Å². The van der Waals surface area contributed by atoms with Gasteiger partial charge in [0.1, 0.15) is 5.60 Å². The number of amides is 1. The Morgan fingerprint density at radius 2 is 2.27 bits per heavy atom. The molecule has 1 fully saturated rings. The molecular weight excluding hydrogens is 332 g/mol. The molecule has 0 aliphatic carbocycles. The van der Waals surface area contributed by atoms with E-state index in [2.05, 4.69) is 15.5 Å². The van der Waals surface area contributed by atoms with E-state index in [-0.39, 0.29) is 6.09 Å². The van der Waals surface area contributed by atoms with Crippen molar-refractivity contribution in [2.24, 2.45) is 5.92 Å². The first-order chi connectivity index (χ1) is 12.4. The summed E-state index contributed by atoms with van der Waals surface area (Å²) in [6, 6.07) is 7.88. The summed E-state index contributed by atoms with van der Waals surface area (Å²) in [5.41, 5.74) is 1.42. The number of rotatable bonds is 4. The van der Waals surface area contributed by atoms with Crippen LogP contribution in [0.25, 0.3) is 11.5 Å². The van der Waals surface area contributed by atoms with E-state index in [4.69, 9.17) is 9.15 Å². The molecule has 3 rings (SSSR count). The Morgan fingerprint density at radius 1 is 1.42 bits per heavy atom. The van der Waals surface area contributed by atoms with Crippen LogP contribution < -0.4 is 5.32 Å². The van der Waals surface area contributed by atoms with Gasteiger partial charge in [-0.2, -0.15) is 0 Å². The maximum Gasteiger partial charge on any atom is 0.410 e. The lowest BCUT2D eigenvalue weighted by atomic mass is 9.98. The number of hydrogen-bond donors (Lipinski definition) is 1. The van der Waals surface area contributed by atoms with Gasteiger partial charge in [-0.3, -0.25) is 0 Å². The van der Waals surface area contributed by atoms with Crippen LogP contribution in [0.15, 0.2) is 35.1 Å². The minimum Gasteiger partial charge on any atom is -0.444 e. The molecule has 1 saturated heterocycles. The van der Waals surface area contributed by atoms with Crippen LogP contribution in [0.4, 0.5) is 10.5 Å². The number of benzene rings is 1. The van der Waals surface area contributed by atoms with Gasteiger partial charge in [-0.15, -0.1) is 10.2 Å². The van der Waals surface area contributed by atoms with E-state index >= 15 is 0 Å². The summed E-state index contributed by atoms with van der Waals surface area (Å²) in [6.07, 6.45) is 3.19. The fourth-order valence-corrected chi connectivity index (χ4v) is 3.05. The second kappa shape index (κ2) is 7.76. The number of nitrogens with zero attached hydrogens (tertiary/aromatic N) is 3. The summed E-state index contributed by atoms with van der Waals surface area (Å²) in [7, 11) is 0. The van der Waals surface area contributed by atoms with Gasteiger partial charge in [-0.25, -0.2) is 4.79 Å². The molecule has 1 atom stereocenters. The molecule has 1 aromatic heterocycles. The summed E-state index contributed by atoms with van der Waals surface area (Å²) < 4.78 is 10.7. The van der Waals surface area contributed by atoms with Crippen LogP contribution in [-0.4, -0.2) is 46.4 Å². The molecule has 7 heteroatoms. The SMILES string of the molecule is CC(C)(C)OC(=O)N1CCCC(CNc2cccc(-c3nnco3)c2)C1. The highest BCUT2D eigenvalue weighted by molar-refractivity contribution is 5.68. The van der Waals surface area contributed by atoms with Crippen LogP contribution in [-0.2, 0) is 4.74 Å². The van der Waals surface area contributed by atoms with Crippen molar-refractivity contribution in [1.29, 1.82) is 0 Å². The predicted molar refractivity (Wildman–Crippen MR) is 98.8 cm³/mol. The number of nitrogens with one attached hydrogen (secondary N) is 1. The number of carbonyl (C=O) groups is 1. The van der Waals surface area contributed by atoms with Gasteiger partial charge in [0.05, 0.1) is 0 Å². The molecule has 0 spiro atoms. The Morgan fingerprint density at radius 3 is 3.00 bits per heavy atom. The highest BCUT2D eigenvalue weighted by atomic mass is 16.6. The summed E-state index contributed by atoms with van der Waals surface area (Å²) >= 11 is 0. The molecule has 26 heavy (non-hydrogen) atoms. The van der Waals surface area contributed by atoms with Gasteiger partial charge < -0.3 is 19.4 Å². The molecule has 0 saturated carbocycles. The Kier molecular flexibility index (Phi) is 5.44. The molecule has 1 aromatic carbocycles. The number of carbonyl (C=O) groups excluding carboxylic acids is 1. The normalized spacial score (nSPS) is 17.8. The zero-order valence-corrected chi connectivity index (χ0v) is 15.6. The first kappa shape index (κ1) is 18.2. The zero-order chi connectivity index (χ0) is 18.6. The van der Waals surface area contributed by atoms with Crippen molar-refractivity contribution in [1.82, 2.24) is 15.1 Å². The molecule has 0 bridgehead atoms. The lowest BCUT2D eigenvalue weighted by Crippen LogP contribution is -2.44. The topological polar surface area (TPSA) is 80.5 Å². The standard InChI is InChI=1S/C19H26N4O3/c1-19(2,3)26-18(24)23-9-5-6-14(12-23)11-20-16-8-4-7-15(10-16)17-22-21-13-25-17/h4,7-8,10,13-14,20H,5-6,9,11-12H2,1-3H3. The van der Waals surface area contributed by atoms with Crippen molar-refractivity contribution in [3.8, 4) is 11.5 Å². The minimum absolute atomic E-state index is 0.222. The molecule has 1 aliphatic heterocycles. The van der Waals surface area contributed by atoms with Gasteiger partial charge in [0.2, 0.25) is 12.3 Å². The van der Waals surface area contributed by atoms with Crippen molar-refractivity contribution < 1.29 is 13.9 Å². The molecule has 2 heterocycles. The summed E-state index contributed by atoms with van der Waals surface area (Å²) in [5.74, 6) is 0.894. The predicted octanol–water partition coefficient (Wildman–Crippen LogP) is 3.80. The quantitative estimate of drug-likeness (QED) is 0.895. The van der Waals surface area contributed by atoms with Crippen LogP contribution >= 0.6 is 0 Å². The number of anilines is 1. The van der Waals surface area contributed by atoms with E-state index in [1.54, 1.807) is 0 Å². The van der Waals surface area contributed by atoms with Crippen LogP contribution in [0, 0.1) is 5.92 Å². The minimum atomic E-state index is -0.461. The average molecular weight is 358 g/mol. The second-order valence-corrected chi connectivity index (χ2v) is 7.64. The number of likely N-dealkylation sites (tertiary alicyclic amines) is 1. The Hall–Kier alpha value is -2.57. The van der Waals surface area contributed by atoms with Gasteiger partial charge in [0, 0.05) is 30.9 Å². The fourth-order valence-electron chi connectivity index (χ4n) is 3.05. The molecule has 1 N–H and O–H groups in total. The third kappa shape index (κ3) is 4.97. The summed E-state index contributed by atoms with van der Waals surface area (Å²) in [4.78, 5) is 14.1. The largest absolute Gasteiger partial charge is 0.444 e. The zero-order valence-electron chi connectivity index (χ0n) is 15.6. The Bertz CT molecular complexity index is 725. The number of hydrogen-bond acceptors (Lipinski definition) is 6.